The smallest absolute Gasteiger partial charge is 0.228 e. The largest absolute Gasteiger partial charge is 0.485 e. The summed E-state index contributed by atoms with van der Waals surface area (Å²) in [6.07, 6.45) is 4.34. The number of aryl methyl sites for hydroxylation is 1. The van der Waals surface area contributed by atoms with Gasteiger partial charge in [0.15, 0.2) is 0 Å². The highest BCUT2D eigenvalue weighted by Crippen LogP contribution is 2.16. The fourth-order valence-corrected chi connectivity index (χ4v) is 3.12. The number of nitrogens with zero attached hydrogens (tertiary/aromatic N) is 3. The van der Waals surface area contributed by atoms with E-state index >= 15 is 0 Å². The van der Waals surface area contributed by atoms with Crippen LogP contribution in [0.1, 0.15) is 29.2 Å². The molecule has 116 valence electrons. The number of amides is 1. The normalized spacial score (nSPS) is 14.3. The van der Waals surface area contributed by atoms with Crippen molar-refractivity contribution in [3.05, 3.63) is 40.1 Å². The van der Waals surface area contributed by atoms with E-state index in [1.807, 2.05) is 29.3 Å². The molecule has 1 aliphatic heterocycles. The summed E-state index contributed by atoms with van der Waals surface area (Å²) in [5, 5.41) is 2.82. The van der Waals surface area contributed by atoms with Gasteiger partial charge in [-0.05, 0) is 31.9 Å². The highest BCUT2D eigenvalue weighted by atomic mass is 32.1. The Balaban J connectivity index is 1.52. The summed E-state index contributed by atoms with van der Waals surface area (Å²) in [4.78, 5) is 22.7. The Morgan fingerprint density at radius 2 is 2.18 bits per heavy atom. The minimum atomic E-state index is 0.179. The van der Waals surface area contributed by atoms with E-state index in [2.05, 4.69) is 9.97 Å². The molecule has 1 amide bonds. The van der Waals surface area contributed by atoms with Crippen molar-refractivity contribution in [2.24, 2.45) is 0 Å². The average molecular weight is 317 g/mol. The van der Waals surface area contributed by atoms with Crippen molar-refractivity contribution in [1.29, 1.82) is 0 Å². The fourth-order valence-electron chi connectivity index (χ4n) is 2.41. The number of carbonyl (C=O) groups excluding carboxylic acids is 1. The van der Waals surface area contributed by atoms with Crippen LogP contribution in [0.15, 0.2) is 23.7 Å². The Kier molecular flexibility index (Phi) is 4.68. The molecule has 5 nitrogen and oxygen atoms in total. The number of aromatic nitrogens is 2. The van der Waals surface area contributed by atoms with Crippen LogP contribution in [0.5, 0.6) is 5.75 Å². The lowest BCUT2D eigenvalue weighted by atomic mass is 10.3. The molecule has 0 N–H and O–H groups in total. The fraction of sp³-hybridized carbons (Fsp3) is 0.438. The number of hydrogen-bond donors (Lipinski definition) is 0. The van der Waals surface area contributed by atoms with Gasteiger partial charge in [0, 0.05) is 24.2 Å². The molecular weight excluding hydrogens is 298 g/mol. The summed E-state index contributed by atoms with van der Waals surface area (Å²) in [5.41, 5.74) is 1.80. The van der Waals surface area contributed by atoms with Crippen LogP contribution in [0.4, 0.5) is 0 Å². The van der Waals surface area contributed by atoms with E-state index in [9.17, 15) is 4.79 Å². The van der Waals surface area contributed by atoms with Gasteiger partial charge in [0.2, 0.25) is 5.91 Å². The zero-order valence-corrected chi connectivity index (χ0v) is 13.4. The maximum Gasteiger partial charge on any atom is 0.228 e. The van der Waals surface area contributed by atoms with Crippen molar-refractivity contribution >= 4 is 17.2 Å². The average Bonchev–Trinajstić information content (AvgIpc) is 3.18. The van der Waals surface area contributed by atoms with E-state index in [0.29, 0.717) is 13.0 Å². The first-order chi connectivity index (χ1) is 10.7. The van der Waals surface area contributed by atoms with Gasteiger partial charge in [-0.1, -0.05) is 0 Å². The molecule has 0 bridgehead atoms. The van der Waals surface area contributed by atoms with E-state index in [1.54, 1.807) is 6.20 Å². The first-order valence-electron chi connectivity index (χ1n) is 7.47. The first-order valence-corrected chi connectivity index (χ1v) is 8.35. The van der Waals surface area contributed by atoms with Gasteiger partial charge in [0.05, 0.1) is 18.3 Å². The Bertz CT molecular complexity index is 633. The van der Waals surface area contributed by atoms with Crippen LogP contribution in [0.25, 0.3) is 0 Å². The Hall–Kier alpha value is -1.95. The Morgan fingerprint density at radius 1 is 1.36 bits per heavy atom. The van der Waals surface area contributed by atoms with E-state index < -0.39 is 0 Å². The highest BCUT2D eigenvalue weighted by molar-refractivity contribution is 7.09. The summed E-state index contributed by atoms with van der Waals surface area (Å²) in [6, 6.07) is 3.81. The molecule has 0 aromatic carbocycles. The molecule has 0 unspecified atom stereocenters. The van der Waals surface area contributed by atoms with Gasteiger partial charge < -0.3 is 9.64 Å². The maximum absolute atomic E-state index is 12.1. The van der Waals surface area contributed by atoms with E-state index in [0.717, 1.165) is 48.1 Å². The van der Waals surface area contributed by atoms with Crippen molar-refractivity contribution < 1.29 is 9.53 Å². The second kappa shape index (κ2) is 6.87. The van der Waals surface area contributed by atoms with Crippen LogP contribution in [0.2, 0.25) is 0 Å². The van der Waals surface area contributed by atoms with E-state index in [4.69, 9.17) is 4.74 Å². The van der Waals surface area contributed by atoms with Crippen LogP contribution in [-0.2, 0) is 17.8 Å². The van der Waals surface area contributed by atoms with Crippen LogP contribution in [0.3, 0.4) is 0 Å². The van der Waals surface area contributed by atoms with Crippen LogP contribution in [0, 0.1) is 6.92 Å². The molecule has 0 saturated carbocycles. The quantitative estimate of drug-likeness (QED) is 0.850. The number of ether oxygens (including phenoxy) is 1. The third kappa shape index (κ3) is 3.82. The standard InChI is InChI=1S/C16H19N3O2S/c1-12-4-5-14(9-17-12)21-10-15-18-13(11-22-15)8-16(20)19-6-2-3-7-19/h4-5,9,11H,2-3,6-8,10H2,1H3. The zero-order valence-electron chi connectivity index (χ0n) is 12.6. The predicted molar refractivity (Wildman–Crippen MR) is 84.9 cm³/mol. The third-order valence-corrected chi connectivity index (χ3v) is 4.51. The minimum absolute atomic E-state index is 0.179. The molecule has 1 aliphatic rings. The summed E-state index contributed by atoms with van der Waals surface area (Å²) in [6.45, 7) is 4.13. The van der Waals surface area contributed by atoms with Crippen LogP contribution >= 0.6 is 11.3 Å². The topological polar surface area (TPSA) is 55.3 Å². The molecule has 1 fully saturated rings. The first kappa shape index (κ1) is 15.0. The lowest BCUT2D eigenvalue weighted by molar-refractivity contribution is -0.129. The second-order valence-corrected chi connectivity index (χ2v) is 6.36. The van der Waals surface area contributed by atoms with Gasteiger partial charge >= 0.3 is 0 Å². The molecule has 0 radical (unpaired) electrons. The predicted octanol–water partition coefficient (Wildman–Crippen LogP) is 2.59. The van der Waals surface area contributed by atoms with E-state index in [-0.39, 0.29) is 5.91 Å². The Morgan fingerprint density at radius 3 is 2.91 bits per heavy atom. The summed E-state index contributed by atoms with van der Waals surface area (Å²) in [5.74, 6) is 0.911. The van der Waals surface area contributed by atoms with Gasteiger partial charge in [-0.3, -0.25) is 9.78 Å². The number of carbonyl (C=O) groups is 1. The number of thiazole rings is 1. The number of rotatable bonds is 5. The van der Waals surface area contributed by atoms with E-state index in [1.165, 1.54) is 11.3 Å². The van der Waals surface area contributed by atoms with Crippen molar-refractivity contribution in [3.63, 3.8) is 0 Å². The zero-order chi connectivity index (χ0) is 15.4. The third-order valence-electron chi connectivity index (χ3n) is 3.64. The van der Waals surface area contributed by atoms with Gasteiger partial charge in [0.1, 0.15) is 17.4 Å². The van der Waals surface area contributed by atoms with Gasteiger partial charge in [-0.2, -0.15) is 0 Å². The summed E-state index contributed by atoms with van der Waals surface area (Å²) in [7, 11) is 0. The molecular formula is C16H19N3O2S. The molecule has 3 rings (SSSR count). The van der Waals surface area contributed by atoms with Crippen LogP contribution in [-0.4, -0.2) is 33.9 Å². The monoisotopic (exact) mass is 317 g/mol. The second-order valence-electron chi connectivity index (χ2n) is 5.42. The molecule has 2 aromatic rings. The molecule has 3 heterocycles. The summed E-state index contributed by atoms with van der Waals surface area (Å²) < 4.78 is 5.66. The van der Waals surface area contributed by atoms with Gasteiger partial charge in [-0.15, -0.1) is 11.3 Å². The van der Waals surface area contributed by atoms with Crippen LogP contribution < -0.4 is 4.74 Å². The van der Waals surface area contributed by atoms with Crippen molar-refractivity contribution in [1.82, 2.24) is 14.9 Å². The van der Waals surface area contributed by atoms with Crippen molar-refractivity contribution in [2.45, 2.75) is 32.8 Å². The highest BCUT2D eigenvalue weighted by Gasteiger charge is 2.19. The molecule has 2 aromatic heterocycles. The number of likely N-dealkylation sites (tertiary alicyclic amines) is 1. The van der Waals surface area contributed by atoms with Crippen molar-refractivity contribution in [3.8, 4) is 5.75 Å². The lowest BCUT2D eigenvalue weighted by Gasteiger charge is -2.13. The molecule has 0 atom stereocenters. The molecule has 0 spiro atoms. The lowest BCUT2D eigenvalue weighted by Crippen LogP contribution is -2.29. The number of pyridine rings is 1. The van der Waals surface area contributed by atoms with Crippen molar-refractivity contribution in [2.75, 3.05) is 13.1 Å². The maximum atomic E-state index is 12.1. The number of hydrogen-bond acceptors (Lipinski definition) is 5. The van der Waals surface area contributed by atoms with Gasteiger partial charge in [0.25, 0.3) is 0 Å². The molecule has 0 aliphatic carbocycles. The Labute approximate surface area is 134 Å². The SMILES string of the molecule is Cc1ccc(OCc2nc(CC(=O)N3CCCC3)cs2)cn1. The minimum Gasteiger partial charge on any atom is -0.485 e. The summed E-state index contributed by atoms with van der Waals surface area (Å²) >= 11 is 1.53. The molecule has 6 heteroatoms. The molecule has 1 saturated heterocycles. The molecule has 22 heavy (non-hydrogen) atoms. The van der Waals surface area contributed by atoms with Gasteiger partial charge in [-0.25, -0.2) is 4.98 Å².